The maximum Gasteiger partial charge on any atom is 0.252 e. The molecule has 146 valence electrons. The van der Waals surface area contributed by atoms with E-state index in [1.54, 1.807) is 12.1 Å². The lowest BCUT2D eigenvalue weighted by Gasteiger charge is -2.33. The molecule has 2 heterocycles. The summed E-state index contributed by atoms with van der Waals surface area (Å²) in [5.74, 6) is 0.0964. The minimum absolute atomic E-state index is 0.0300. The summed E-state index contributed by atoms with van der Waals surface area (Å²) in [6, 6.07) is 13.2. The van der Waals surface area contributed by atoms with Crippen molar-refractivity contribution in [2.75, 3.05) is 13.1 Å². The van der Waals surface area contributed by atoms with Crippen LogP contribution >= 0.6 is 27.3 Å². The normalized spacial score (nSPS) is 17.6. The van der Waals surface area contributed by atoms with E-state index < -0.39 is 10.0 Å². The summed E-state index contributed by atoms with van der Waals surface area (Å²) < 4.78 is 28.1. The molecule has 3 rings (SSSR count). The van der Waals surface area contributed by atoms with Crippen LogP contribution in [0.25, 0.3) is 0 Å². The number of thiophene rings is 1. The van der Waals surface area contributed by atoms with Gasteiger partial charge >= 0.3 is 0 Å². The predicted octanol–water partition coefficient (Wildman–Crippen LogP) is 3.86. The van der Waals surface area contributed by atoms with E-state index in [0.717, 1.165) is 9.35 Å². The van der Waals surface area contributed by atoms with Crippen LogP contribution in [-0.2, 0) is 21.4 Å². The molecule has 0 radical (unpaired) electrons. The van der Waals surface area contributed by atoms with Crippen molar-refractivity contribution >= 4 is 43.2 Å². The lowest BCUT2D eigenvalue weighted by Crippen LogP contribution is -2.42. The molecule has 27 heavy (non-hydrogen) atoms. The number of hydrogen-bond acceptors (Lipinski definition) is 4. The van der Waals surface area contributed by atoms with Gasteiger partial charge in [-0.3, -0.25) is 4.79 Å². The third-order valence-corrected chi connectivity index (χ3v) is 9.06. The van der Waals surface area contributed by atoms with Gasteiger partial charge in [-0.05, 0) is 52.4 Å². The van der Waals surface area contributed by atoms with E-state index in [1.807, 2.05) is 37.3 Å². The average molecular weight is 471 g/mol. The third kappa shape index (κ3) is 4.99. The first-order chi connectivity index (χ1) is 12.9. The summed E-state index contributed by atoms with van der Waals surface area (Å²) in [5.41, 5.74) is 1.07. The van der Waals surface area contributed by atoms with Crippen LogP contribution < -0.4 is 5.32 Å². The van der Waals surface area contributed by atoms with Crippen molar-refractivity contribution in [2.24, 2.45) is 11.8 Å². The highest BCUT2D eigenvalue weighted by Crippen LogP contribution is 2.32. The van der Waals surface area contributed by atoms with Crippen LogP contribution in [0, 0.1) is 11.8 Å². The summed E-state index contributed by atoms with van der Waals surface area (Å²) in [5, 5.41) is 2.99. The predicted molar refractivity (Wildman–Crippen MR) is 111 cm³/mol. The maximum atomic E-state index is 12.7. The Bertz CT molecular complexity index is 875. The molecular weight excluding hydrogens is 448 g/mol. The van der Waals surface area contributed by atoms with Crippen LogP contribution in [-0.4, -0.2) is 31.7 Å². The molecule has 0 unspecified atom stereocenters. The van der Waals surface area contributed by atoms with Crippen LogP contribution in [0.2, 0.25) is 0 Å². The SMILES string of the molecule is C[C@@H](C(=O)NCc1ccccc1)C1CCN(S(=O)(=O)c2ccc(Br)s2)CC1. The van der Waals surface area contributed by atoms with Crippen LogP contribution in [0.1, 0.15) is 25.3 Å². The van der Waals surface area contributed by atoms with Gasteiger partial charge in [0.15, 0.2) is 0 Å². The summed E-state index contributed by atoms with van der Waals surface area (Å²) in [6.07, 6.45) is 1.40. The number of amides is 1. The lowest BCUT2D eigenvalue weighted by molar-refractivity contribution is -0.126. The zero-order chi connectivity index (χ0) is 19.4. The molecule has 1 saturated heterocycles. The van der Waals surface area contributed by atoms with Gasteiger partial charge in [-0.2, -0.15) is 4.31 Å². The van der Waals surface area contributed by atoms with Crippen molar-refractivity contribution in [1.82, 2.24) is 9.62 Å². The van der Waals surface area contributed by atoms with Crippen molar-refractivity contribution in [3.05, 3.63) is 51.8 Å². The highest BCUT2D eigenvalue weighted by molar-refractivity contribution is 9.11. The van der Waals surface area contributed by atoms with Crippen molar-refractivity contribution in [3.8, 4) is 0 Å². The molecule has 1 N–H and O–H groups in total. The second-order valence-electron chi connectivity index (χ2n) is 6.79. The quantitative estimate of drug-likeness (QED) is 0.696. The van der Waals surface area contributed by atoms with Gasteiger partial charge in [-0.1, -0.05) is 37.3 Å². The van der Waals surface area contributed by atoms with E-state index in [2.05, 4.69) is 21.2 Å². The minimum atomic E-state index is -3.44. The van der Waals surface area contributed by atoms with Crippen molar-refractivity contribution in [3.63, 3.8) is 0 Å². The number of carbonyl (C=O) groups excluding carboxylic acids is 1. The number of carbonyl (C=O) groups is 1. The fourth-order valence-electron chi connectivity index (χ4n) is 3.34. The molecule has 0 spiro atoms. The van der Waals surface area contributed by atoms with Gasteiger partial charge in [0.2, 0.25) is 5.91 Å². The van der Waals surface area contributed by atoms with Gasteiger partial charge in [0.1, 0.15) is 4.21 Å². The molecule has 0 bridgehead atoms. The Hall–Kier alpha value is -1.22. The van der Waals surface area contributed by atoms with Crippen LogP contribution in [0.5, 0.6) is 0 Å². The molecule has 1 aliphatic rings. The molecule has 1 fully saturated rings. The Morgan fingerprint density at radius 1 is 1.22 bits per heavy atom. The Morgan fingerprint density at radius 2 is 1.89 bits per heavy atom. The Balaban J connectivity index is 1.53. The number of benzene rings is 1. The van der Waals surface area contributed by atoms with E-state index in [4.69, 9.17) is 0 Å². The van der Waals surface area contributed by atoms with Crippen LogP contribution in [0.3, 0.4) is 0 Å². The first-order valence-electron chi connectivity index (χ1n) is 8.95. The van der Waals surface area contributed by atoms with E-state index in [9.17, 15) is 13.2 Å². The minimum Gasteiger partial charge on any atom is -0.352 e. The van der Waals surface area contributed by atoms with Crippen molar-refractivity contribution in [1.29, 1.82) is 0 Å². The van der Waals surface area contributed by atoms with Gasteiger partial charge in [-0.15, -0.1) is 11.3 Å². The molecule has 2 aromatic rings. The lowest BCUT2D eigenvalue weighted by atomic mass is 9.85. The van der Waals surface area contributed by atoms with E-state index >= 15 is 0 Å². The van der Waals surface area contributed by atoms with Gasteiger partial charge < -0.3 is 5.32 Å². The topological polar surface area (TPSA) is 66.5 Å². The van der Waals surface area contributed by atoms with E-state index in [1.165, 1.54) is 15.6 Å². The van der Waals surface area contributed by atoms with Crippen molar-refractivity contribution in [2.45, 2.75) is 30.5 Å². The van der Waals surface area contributed by atoms with Gasteiger partial charge in [0, 0.05) is 25.6 Å². The zero-order valence-corrected chi connectivity index (χ0v) is 18.3. The van der Waals surface area contributed by atoms with Crippen LogP contribution in [0.15, 0.2) is 50.5 Å². The largest absolute Gasteiger partial charge is 0.352 e. The number of piperidine rings is 1. The monoisotopic (exact) mass is 470 g/mol. The maximum absolute atomic E-state index is 12.7. The van der Waals surface area contributed by atoms with Gasteiger partial charge in [0.05, 0.1) is 3.79 Å². The van der Waals surface area contributed by atoms with Gasteiger partial charge in [-0.25, -0.2) is 8.42 Å². The molecule has 8 heteroatoms. The van der Waals surface area contributed by atoms with Crippen LogP contribution in [0.4, 0.5) is 0 Å². The van der Waals surface area contributed by atoms with E-state index in [-0.39, 0.29) is 17.7 Å². The highest BCUT2D eigenvalue weighted by Gasteiger charge is 2.33. The molecule has 1 aromatic heterocycles. The molecular formula is C19H23BrN2O3S2. The average Bonchev–Trinajstić information content (AvgIpc) is 3.13. The molecule has 1 aliphatic heterocycles. The standard InChI is InChI=1S/C19H23BrN2O3S2/c1-14(19(23)21-13-15-5-3-2-4-6-15)16-9-11-22(12-10-16)27(24,25)18-8-7-17(20)26-18/h2-8,14,16H,9-13H2,1H3,(H,21,23)/t14-/m1/s1. The summed E-state index contributed by atoms with van der Waals surface area (Å²) in [4.78, 5) is 12.5. The molecule has 1 amide bonds. The first kappa shape index (κ1) is 20.5. The number of halogens is 1. The number of nitrogens with one attached hydrogen (secondary N) is 1. The number of hydrogen-bond donors (Lipinski definition) is 1. The molecule has 0 aliphatic carbocycles. The summed E-state index contributed by atoms with van der Waals surface area (Å²) in [7, 11) is -3.44. The van der Waals surface area contributed by atoms with E-state index in [0.29, 0.717) is 36.7 Å². The Kier molecular flexibility index (Phi) is 6.73. The highest BCUT2D eigenvalue weighted by atomic mass is 79.9. The number of sulfonamides is 1. The first-order valence-corrected chi connectivity index (χ1v) is 12.0. The fraction of sp³-hybridized carbons (Fsp3) is 0.421. The Labute approximate surface area is 173 Å². The molecule has 5 nitrogen and oxygen atoms in total. The smallest absolute Gasteiger partial charge is 0.252 e. The summed E-state index contributed by atoms with van der Waals surface area (Å²) in [6.45, 7) is 3.37. The summed E-state index contributed by atoms with van der Waals surface area (Å²) >= 11 is 4.54. The second kappa shape index (κ2) is 8.86. The second-order valence-corrected chi connectivity index (χ2v) is 11.4. The number of rotatable bonds is 6. The molecule has 0 saturated carbocycles. The number of nitrogens with zero attached hydrogens (tertiary/aromatic N) is 1. The molecule has 1 aromatic carbocycles. The van der Waals surface area contributed by atoms with Crippen molar-refractivity contribution < 1.29 is 13.2 Å². The third-order valence-electron chi connectivity index (χ3n) is 5.07. The Morgan fingerprint density at radius 3 is 2.48 bits per heavy atom. The fourth-order valence-corrected chi connectivity index (χ4v) is 6.97. The molecule has 1 atom stereocenters. The van der Waals surface area contributed by atoms with Gasteiger partial charge in [0.25, 0.3) is 10.0 Å². The zero-order valence-electron chi connectivity index (χ0n) is 15.1.